The van der Waals surface area contributed by atoms with Crippen LogP contribution in [0.2, 0.25) is 0 Å². The minimum atomic E-state index is -0.458. The third kappa shape index (κ3) is 7.36. The summed E-state index contributed by atoms with van der Waals surface area (Å²) in [6.45, 7) is 7.64. The number of carbonyl (C=O) groups is 1. The Morgan fingerprint density at radius 2 is 1.80 bits per heavy atom. The molecule has 1 aromatic heterocycles. The van der Waals surface area contributed by atoms with Gasteiger partial charge < -0.3 is 20.6 Å². The lowest BCUT2D eigenvalue weighted by Gasteiger charge is -2.30. The number of para-hydroxylation sites is 1. The molecule has 9 heteroatoms. The second-order valence-electron chi connectivity index (χ2n) is 11.6. The third-order valence-corrected chi connectivity index (χ3v) is 7.53. The zero-order chi connectivity index (χ0) is 28.8. The predicted octanol–water partition coefficient (Wildman–Crippen LogP) is 4.11. The van der Waals surface area contributed by atoms with Gasteiger partial charge in [0.2, 0.25) is 11.7 Å². The van der Waals surface area contributed by atoms with E-state index in [9.17, 15) is 9.90 Å². The molecule has 41 heavy (non-hydrogen) atoms. The molecule has 9 nitrogen and oxygen atoms in total. The van der Waals surface area contributed by atoms with Gasteiger partial charge in [-0.1, -0.05) is 66.7 Å². The molecule has 5 rings (SSSR count). The number of aryl methyl sites for hydroxylation is 1. The van der Waals surface area contributed by atoms with Gasteiger partial charge in [0.1, 0.15) is 0 Å². The largest absolute Gasteiger partial charge is 0.392 e. The van der Waals surface area contributed by atoms with E-state index < -0.39 is 11.6 Å². The molecule has 0 saturated heterocycles. The number of aliphatic hydroxyl groups excluding tert-OH is 1. The monoisotopic (exact) mass is 553 g/mol. The van der Waals surface area contributed by atoms with Crippen LogP contribution in [0.5, 0.6) is 0 Å². The Labute approximate surface area is 241 Å². The summed E-state index contributed by atoms with van der Waals surface area (Å²) in [6, 6.07) is 25.2. The van der Waals surface area contributed by atoms with Crippen LogP contribution in [0.1, 0.15) is 44.7 Å². The van der Waals surface area contributed by atoms with Crippen molar-refractivity contribution in [3.63, 3.8) is 0 Å². The second kappa shape index (κ2) is 12.6. The first kappa shape index (κ1) is 28.4. The number of β-amino-alcohol motifs (C(OH)–C–C–N with tert-alkyl or cyclic N) is 1. The number of benzene rings is 3. The molecule has 214 valence electrons. The molecule has 0 fully saturated rings. The number of nitrogens with zero attached hydrogens (tertiary/aromatic N) is 4. The van der Waals surface area contributed by atoms with Crippen LogP contribution in [-0.2, 0) is 17.8 Å². The van der Waals surface area contributed by atoms with E-state index in [-0.39, 0.29) is 11.9 Å². The van der Waals surface area contributed by atoms with Gasteiger partial charge in [-0.25, -0.2) is 0 Å². The van der Waals surface area contributed by atoms with E-state index in [1.165, 1.54) is 16.8 Å². The first-order valence-corrected chi connectivity index (χ1v) is 14.2. The number of nitrogens with one attached hydrogen (secondary N) is 3. The molecule has 2 atom stereocenters. The van der Waals surface area contributed by atoms with E-state index >= 15 is 0 Å². The van der Waals surface area contributed by atoms with E-state index in [0.717, 1.165) is 42.6 Å². The number of aliphatic hydroxyl groups is 1. The fourth-order valence-electron chi connectivity index (χ4n) is 5.47. The van der Waals surface area contributed by atoms with Gasteiger partial charge in [-0.15, -0.1) is 10.2 Å². The Hall–Kier alpha value is -4.08. The predicted molar refractivity (Wildman–Crippen MR) is 161 cm³/mol. The van der Waals surface area contributed by atoms with Crippen LogP contribution in [0.15, 0.2) is 72.8 Å². The Balaban J connectivity index is 1.30. The number of carbonyl (C=O) groups excluding carboxylic acids is 1. The highest BCUT2D eigenvalue weighted by Gasteiger charge is 2.26. The second-order valence-corrected chi connectivity index (χ2v) is 11.6. The molecule has 0 aliphatic carbocycles. The molecular formula is C32H39N7O2. The van der Waals surface area contributed by atoms with Crippen molar-refractivity contribution in [1.29, 1.82) is 0 Å². The first-order chi connectivity index (χ1) is 19.8. The molecule has 1 amide bonds. The normalized spacial score (nSPS) is 16.1. The summed E-state index contributed by atoms with van der Waals surface area (Å²) in [5, 5.41) is 30.8. The molecule has 1 aliphatic rings. The molecule has 2 heterocycles. The fraction of sp³-hybridized carbons (Fsp3) is 0.375. The maximum atomic E-state index is 13.1. The number of fused-ring (bicyclic) bond motifs is 1. The Kier molecular flexibility index (Phi) is 8.75. The van der Waals surface area contributed by atoms with Crippen LogP contribution in [0.3, 0.4) is 0 Å². The number of rotatable bonds is 10. The Morgan fingerprint density at radius 3 is 2.54 bits per heavy atom. The number of hydrogen-bond donors (Lipinski definition) is 4. The van der Waals surface area contributed by atoms with Crippen LogP contribution in [0.25, 0.3) is 22.5 Å². The van der Waals surface area contributed by atoms with E-state index in [1.54, 1.807) is 6.92 Å². The van der Waals surface area contributed by atoms with Crippen molar-refractivity contribution in [2.45, 2.75) is 64.3 Å². The minimum absolute atomic E-state index is 0.0219. The summed E-state index contributed by atoms with van der Waals surface area (Å²) in [5.74, 6) is 0.592. The lowest BCUT2D eigenvalue weighted by atomic mass is 9.98. The summed E-state index contributed by atoms with van der Waals surface area (Å²) >= 11 is 0. The number of hydrogen-bond acceptors (Lipinski definition) is 7. The standard InChI is InChI=1S/C32H39N7O2/c1-22(40)19-33-32(2,3)18-30(41)34-26-17-16-25-8-4-7-11-29(25)39(21-26)20-23-12-14-24(15-13-23)27-9-5-6-10-28(27)31-35-37-38-36-31/h4-15,22,26,33,40H,16-21H2,1-3H3,(H,34,41)(H,35,36,37,38)/t22-,26?/m1/s1. The molecule has 0 radical (unpaired) electrons. The van der Waals surface area contributed by atoms with E-state index in [0.29, 0.717) is 18.8 Å². The first-order valence-electron chi connectivity index (χ1n) is 14.2. The van der Waals surface area contributed by atoms with E-state index in [1.807, 2.05) is 32.0 Å². The summed E-state index contributed by atoms with van der Waals surface area (Å²) < 4.78 is 0. The number of anilines is 1. The molecular weight excluding hydrogens is 514 g/mol. The van der Waals surface area contributed by atoms with Gasteiger partial charge in [0.15, 0.2) is 0 Å². The zero-order valence-electron chi connectivity index (χ0n) is 24.0. The van der Waals surface area contributed by atoms with Crippen LogP contribution >= 0.6 is 0 Å². The van der Waals surface area contributed by atoms with Crippen molar-refractivity contribution in [3.8, 4) is 22.5 Å². The van der Waals surface area contributed by atoms with Crippen molar-refractivity contribution >= 4 is 11.6 Å². The van der Waals surface area contributed by atoms with E-state index in [2.05, 4.69) is 90.8 Å². The average molecular weight is 554 g/mol. The van der Waals surface area contributed by atoms with Gasteiger partial charge in [0.25, 0.3) is 0 Å². The highest BCUT2D eigenvalue weighted by molar-refractivity contribution is 5.80. The highest BCUT2D eigenvalue weighted by Crippen LogP contribution is 2.31. The third-order valence-electron chi connectivity index (χ3n) is 7.53. The SMILES string of the molecule is C[C@@H](O)CNC(C)(C)CC(=O)NC1CCc2ccccc2N(Cc2ccc(-c3ccccc3-c3nn[nH]n3)cc2)C1. The zero-order valence-corrected chi connectivity index (χ0v) is 24.0. The van der Waals surface area contributed by atoms with Crippen molar-refractivity contribution in [2.24, 2.45) is 0 Å². The highest BCUT2D eigenvalue weighted by atomic mass is 16.3. The van der Waals surface area contributed by atoms with Crippen LogP contribution < -0.4 is 15.5 Å². The molecule has 1 unspecified atom stereocenters. The van der Waals surface area contributed by atoms with Gasteiger partial charge in [-0.05, 0) is 67.1 Å². The molecule has 3 aromatic carbocycles. The van der Waals surface area contributed by atoms with Gasteiger partial charge in [-0.2, -0.15) is 5.21 Å². The molecule has 0 saturated carbocycles. The van der Waals surface area contributed by atoms with Crippen LogP contribution in [0.4, 0.5) is 5.69 Å². The Morgan fingerprint density at radius 1 is 1.07 bits per heavy atom. The van der Waals surface area contributed by atoms with Gasteiger partial charge >= 0.3 is 0 Å². The Bertz CT molecular complexity index is 1430. The topological polar surface area (TPSA) is 119 Å². The smallest absolute Gasteiger partial charge is 0.222 e. The number of aromatic amines is 1. The molecule has 4 aromatic rings. The van der Waals surface area contributed by atoms with Gasteiger partial charge in [-0.3, -0.25) is 4.79 Å². The molecule has 1 aliphatic heterocycles. The van der Waals surface area contributed by atoms with Crippen molar-refractivity contribution in [1.82, 2.24) is 31.3 Å². The minimum Gasteiger partial charge on any atom is -0.392 e. The number of tetrazole rings is 1. The number of H-pyrrole nitrogens is 1. The maximum absolute atomic E-state index is 13.1. The van der Waals surface area contributed by atoms with Crippen LogP contribution in [0, 0.1) is 0 Å². The van der Waals surface area contributed by atoms with E-state index in [4.69, 9.17) is 0 Å². The average Bonchev–Trinajstić information content (AvgIpc) is 3.44. The summed E-state index contributed by atoms with van der Waals surface area (Å²) in [5.41, 5.74) is 6.37. The fourth-order valence-corrected chi connectivity index (χ4v) is 5.47. The number of aromatic nitrogens is 4. The van der Waals surface area contributed by atoms with Gasteiger partial charge in [0, 0.05) is 48.9 Å². The van der Waals surface area contributed by atoms with Gasteiger partial charge in [0.05, 0.1) is 6.10 Å². The molecule has 0 bridgehead atoms. The van der Waals surface area contributed by atoms with Crippen LogP contribution in [-0.4, -0.2) is 62.4 Å². The lowest BCUT2D eigenvalue weighted by molar-refractivity contribution is -0.123. The summed E-state index contributed by atoms with van der Waals surface area (Å²) in [4.78, 5) is 15.4. The van der Waals surface area contributed by atoms with Crippen molar-refractivity contribution < 1.29 is 9.90 Å². The van der Waals surface area contributed by atoms with Crippen molar-refractivity contribution in [3.05, 3.63) is 83.9 Å². The van der Waals surface area contributed by atoms with Crippen molar-refractivity contribution in [2.75, 3.05) is 18.0 Å². The molecule has 0 spiro atoms. The summed E-state index contributed by atoms with van der Waals surface area (Å²) in [7, 11) is 0. The summed E-state index contributed by atoms with van der Waals surface area (Å²) in [6.07, 6.45) is 1.68. The quantitative estimate of drug-likeness (QED) is 0.233. The molecule has 4 N–H and O–H groups in total. The lowest BCUT2D eigenvalue weighted by Crippen LogP contribution is -2.49. The maximum Gasteiger partial charge on any atom is 0.222 e. The number of amides is 1.